The summed E-state index contributed by atoms with van der Waals surface area (Å²) >= 11 is 0. The number of carbonyl (C=O) groups is 4. The fourth-order valence-electron chi connectivity index (χ4n) is 3.75. The van der Waals surface area contributed by atoms with Crippen LogP contribution in [0, 0.1) is 0 Å². The number of carbonyl (C=O) groups excluding carboxylic acids is 4. The predicted molar refractivity (Wildman–Crippen MR) is 130 cm³/mol. The van der Waals surface area contributed by atoms with Crippen molar-refractivity contribution in [3.05, 3.63) is 29.8 Å². The van der Waals surface area contributed by atoms with Crippen molar-refractivity contribution >= 4 is 23.8 Å². The molecule has 10 nitrogen and oxygen atoms in total. The molecule has 2 atom stereocenters. The van der Waals surface area contributed by atoms with E-state index in [0.29, 0.717) is 18.4 Å². The summed E-state index contributed by atoms with van der Waals surface area (Å²) in [6, 6.07) is 3.39. The molecular weight excluding hydrogens is 452 g/mol. The molecule has 2 rings (SSSR count). The first-order valence-corrected chi connectivity index (χ1v) is 11.8. The van der Waals surface area contributed by atoms with Gasteiger partial charge in [-0.1, -0.05) is 12.1 Å². The van der Waals surface area contributed by atoms with Crippen molar-refractivity contribution in [1.29, 1.82) is 0 Å². The van der Waals surface area contributed by atoms with E-state index in [1.807, 2.05) is 20.8 Å². The molecule has 5 N–H and O–H groups in total. The van der Waals surface area contributed by atoms with Crippen LogP contribution in [-0.2, 0) is 19.1 Å². The molecule has 0 bridgehead atoms. The molecule has 1 aliphatic carbocycles. The molecule has 0 heterocycles. The van der Waals surface area contributed by atoms with Crippen molar-refractivity contribution < 1.29 is 29.0 Å². The molecule has 1 aromatic carbocycles. The number of phenolic OH excluding ortho intramolecular Hbond substituents is 1. The number of ether oxygens (including phenoxy) is 1. The SMILES string of the molecule is CC(C)(C)NC(=O)C(c1ccc(O)cc1)N(C(=O)C(CC(N)=O)NC(=O)OC(C)(C)C)C1CCC1. The van der Waals surface area contributed by atoms with Crippen molar-refractivity contribution in [2.24, 2.45) is 5.73 Å². The van der Waals surface area contributed by atoms with Crippen LogP contribution >= 0.6 is 0 Å². The fourth-order valence-corrected chi connectivity index (χ4v) is 3.75. The van der Waals surface area contributed by atoms with Crippen molar-refractivity contribution in [2.75, 3.05) is 0 Å². The van der Waals surface area contributed by atoms with E-state index in [-0.39, 0.29) is 11.8 Å². The molecule has 1 fully saturated rings. The second kappa shape index (κ2) is 11.0. The summed E-state index contributed by atoms with van der Waals surface area (Å²) in [4.78, 5) is 53.1. The third-order valence-electron chi connectivity index (χ3n) is 5.35. The fraction of sp³-hybridized carbons (Fsp3) is 0.600. The van der Waals surface area contributed by atoms with E-state index in [4.69, 9.17) is 10.5 Å². The summed E-state index contributed by atoms with van der Waals surface area (Å²) in [5, 5.41) is 15.2. The second-order valence-electron chi connectivity index (χ2n) is 10.9. The van der Waals surface area contributed by atoms with Crippen LogP contribution in [0.5, 0.6) is 5.75 Å². The molecule has 0 aromatic heterocycles. The molecule has 1 aliphatic rings. The Balaban J connectivity index is 2.50. The number of nitrogens with one attached hydrogen (secondary N) is 2. The predicted octanol–water partition coefficient (Wildman–Crippen LogP) is 2.50. The maximum Gasteiger partial charge on any atom is 0.408 e. The zero-order chi connectivity index (χ0) is 26.6. The lowest BCUT2D eigenvalue weighted by molar-refractivity contribution is -0.148. The summed E-state index contributed by atoms with van der Waals surface area (Å²) in [5.74, 6) is -1.79. The number of nitrogens with zero attached hydrogens (tertiary/aromatic N) is 1. The highest BCUT2D eigenvalue weighted by Crippen LogP contribution is 2.34. The molecule has 194 valence electrons. The third kappa shape index (κ3) is 8.45. The van der Waals surface area contributed by atoms with E-state index in [9.17, 15) is 24.3 Å². The van der Waals surface area contributed by atoms with E-state index in [2.05, 4.69) is 10.6 Å². The first-order chi connectivity index (χ1) is 16.1. The minimum Gasteiger partial charge on any atom is -0.508 e. The number of rotatable bonds is 8. The number of nitrogens with two attached hydrogens (primary N) is 1. The van der Waals surface area contributed by atoms with E-state index in [1.54, 1.807) is 32.9 Å². The summed E-state index contributed by atoms with van der Waals surface area (Å²) in [5.41, 5.74) is 4.48. The van der Waals surface area contributed by atoms with Gasteiger partial charge in [-0.15, -0.1) is 0 Å². The van der Waals surface area contributed by atoms with Gasteiger partial charge >= 0.3 is 6.09 Å². The molecule has 10 heteroatoms. The van der Waals surface area contributed by atoms with Gasteiger partial charge in [0.25, 0.3) is 0 Å². The number of benzene rings is 1. The smallest absolute Gasteiger partial charge is 0.408 e. The lowest BCUT2D eigenvalue weighted by Crippen LogP contribution is -2.59. The van der Waals surface area contributed by atoms with Crippen LogP contribution in [0.2, 0.25) is 0 Å². The summed E-state index contributed by atoms with van der Waals surface area (Å²) in [6.45, 7) is 10.5. The van der Waals surface area contributed by atoms with Gasteiger partial charge in [0.2, 0.25) is 17.7 Å². The van der Waals surface area contributed by atoms with Crippen LogP contribution < -0.4 is 16.4 Å². The first kappa shape index (κ1) is 27.9. The summed E-state index contributed by atoms with van der Waals surface area (Å²) < 4.78 is 5.27. The Hall–Kier alpha value is -3.30. The lowest BCUT2D eigenvalue weighted by Gasteiger charge is -2.44. The Morgan fingerprint density at radius 2 is 1.66 bits per heavy atom. The van der Waals surface area contributed by atoms with Crippen molar-refractivity contribution in [3.8, 4) is 5.75 Å². The van der Waals surface area contributed by atoms with Crippen LogP contribution in [0.3, 0.4) is 0 Å². The van der Waals surface area contributed by atoms with E-state index in [0.717, 1.165) is 6.42 Å². The van der Waals surface area contributed by atoms with Gasteiger partial charge in [-0.3, -0.25) is 14.4 Å². The number of hydrogen-bond acceptors (Lipinski definition) is 6. The third-order valence-corrected chi connectivity index (χ3v) is 5.35. The highest BCUT2D eigenvalue weighted by Gasteiger charge is 2.43. The standard InChI is InChI=1S/C25H38N4O6/c1-24(2,3)28-21(32)20(15-10-12-17(30)13-11-15)29(16-8-7-9-16)22(33)18(14-19(26)31)27-23(34)35-25(4,5)6/h10-13,16,18,20,30H,7-9,14H2,1-6H3,(H2,26,31)(H,27,34)(H,28,32). The second-order valence-corrected chi connectivity index (χ2v) is 10.9. The van der Waals surface area contributed by atoms with Gasteiger partial charge in [-0.05, 0) is 78.5 Å². The van der Waals surface area contributed by atoms with E-state index >= 15 is 0 Å². The van der Waals surface area contributed by atoms with Crippen molar-refractivity contribution in [1.82, 2.24) is 15.5 Å². The van der Waals surface area contributed by atoms with Gasteiger partial charge in [-0.2, -0.15) is 0 Å². The zero-order valence-corrected chi connectivity index (χ0v) is 21.4. The first-order valence-electron chi connectivity index (χ1n) is 11.8. The maximum absolute atomic E-state index is 13.9. The average Bonchev–Trinajstić information content (AvgIpc) is 2.63. The minimum atomic E-state index is -1.31. The molecule has 0 radical (unpaired) electrons. The molecule has 1 saturated carbocycles. The molecule has 35 heavy (non-hydrogen) atoms. The Morgan fingerprint density at radius 3 is 2.09 bits per heavy atom. The monoisotopic (exact) mass is 490 g/mol. The van der Waals surface area contributed by atoms with Gasteiger partial charge < -0.3 is 31.1 Å². The maximum atomic E-state index is 13.9. The molecule has 2 unspecified atom stereocenters. The van der Waals surface area contributed by atoms with Crippen LogP contribution in [0.15, 0.2) is 24.3 Å². The topological polar surface area (TPSA) is 151 Å². The van der Waals surface area contributed by atoms with Crippen molar-refractivity contribution in [3.63, 3.8) is 0 Å². The van der Waals surface area contributed by atoms with E-state index < -0.39 is 53.5 Å². The van der Waals surface area contributed by atoms with Crippen LogP contribution in [0.4, 0.5) is 4.79 Å². The van der Waals surface area contributed by atoms with E-state index in [1.165, 1.54) is 17.0 Å². The molecule has 0 saturated heterocycles. The van der Waals surface area contributed by atoms with Gasteiger partial charge in [0.1, 0.15) is 23.4 Å². The van der Waals surface area contributed by atoms with Gasteiger partial charge in [0, 0.05) is 11.6 Å². The van der Waals surface area contributed by atoms with Crippen molar-refractivity contribution in [2.45, 2.75) is 96.5 Å². The molecular formula is C25H38N4O6. The van der Waals surface area contributed by atoms with Gasteiger partial charge in [-0.25, -0.2) is 4.79 Å². The van der Waals surface area contributed by atoms with Crippen LogP contribution in [-0.4, -0.2) is 57.0 Å². The highest BCUT2D eigenvalue weighted by atomic mass is 16.6. The lowest BCUT2D eigenvalue weighted by atomic mass is 9.87. The highest BCUT2D eigenvalue weighted by molar-refractivity contribution is 5.95. The molecule has 0 spiro atoms. The average molecular weight is 491 g/mol. The Kier molecular flexibility index (Phi) is 8.75. The number of primary amides is 1. The minimum absolute atomic E-state index is 0.0171. The Labute approximate surface area is 206 Å². The Bertz CT molecular complexity index is 929. The molecule has 1 aromatic rings. The number of aromatic hydroxyl groups is 1. The number of phenols is 1. The van der Waals surface area contributed by atoms with Gasteiger partial charge in [0.05, 0.1) is 6.42 Å². The largest absolute Gasteiger partial charge is 0.508 e. The molecule has 4 amide bonds. The summed E-state index contributed by atoms with van der Waals surface area (Å²) in [6.07, 6.45) is 0.880. The normalized spacial score (nSPS) is 15.8. The molecule has 0 aliphatic heterocycles. The van der Waals surface area contributed by atoms with Crippen LogP contribution in [0.25, 0.3) is 0 Å². The number of hydrogen-bond donors (Lipinski definition) is 4. The number of alkyl carbamates (subject to hydrolysis) is 1. The van der Waals surface area contributed by atoms with Gasteiger partial charge in [0.15, 0.2) is 0 Å². The zero-order valence-electron chi connectivity index (χ0n) is 21.4. The quantitative estimate of drug-likeness (QED) is 0.439. The number of amides is 4. The summed E-state index contributed by atoms with van der Waals surface area (Å²) in [7, 11) is 0. The Morgan fingerprint density at radius 1 is 1.09 bits per heavy atom. The van der Waals surface area contributed by atoms with Crippen LogP contribution in [0.1, 0.15) is 78.8 Å².